The molecule has 7 nitrogen and oxygen atoms in total. The average molecular weight is 444 g/mol. The number of hydrogen-bond acceptors (Lipinski definition) is 5. The molecule has 168 valence electrons. The number of aryl methyl sites for hydroxylation is 3. The SMILES string of the molecule is Cc1nc(CCc2cnn(Cc3ccc(F)c(F)c3F)c2)nc2c1N(C)C(=O)[C@H](C)N2C. The van der Waals surface area contributed by atoms with Crippen LogP contribution in [-0.4, -0.2) is 45.8 Å². The Balaban J connectivity index is 1.49. The lowest BCUT2D eigenvalue weighted by atomic mass is 10.1. The van der Waals surface area contributed by atoms with Crippen molar-refractivity contribution in [2.75, 3.05) is 23.9 Å². The Labute approximate surface area is 183 Å². The minimum atomic E-state index is -1.48. The highest BCUT2D eigenvalue weighted by Crippen LogP contribution is 2.34. The Morgan fingerprint density at radius 3 is 2.56 bits per heavy atom. The third kappa shape index (κ3) is 3.80. The molecule has 1 amide bonds. The Morgan fingerprint density at radius 2 is 1.81 bits per heavy atom. The molecule has 10 heteroatoms. The maximum Gasteiger partial charge on any atom is 0.249 e. The van der Waals surface area contributed by atoms with E-state index in [1.807, 2.05) is 25.8 Å². The summed E-state index contributed by atoms with van der Waals surface area (Å²) < 4.78 is 41.9. The summed E-state index contributed by atoms with van der Waals surface area (Å²) >= 11 is 0. The van der Waals surface area contributed by atoms with Gasteiger partial charge in [-0.3, -0.25) is 9.48 Å². The molecule has 0 saturated carbocycles. The van der Waals surface area contributed by atoms with Crippen LogP contribution >= 0.6 is 0 Å². The number of carbonyl (C=O) groups is 1. The maximum absolute atomic E-state index is 13.9. The Bertz CT molecular complexity index is 1190. The van der Waals surface area contributed by atoms with Crippen LogP contribution in [0.15, 0.2) is 24.5 Å². The number of anilines is 2. The second-order valence-corrected chi connectivity index (χ2v) is 7.96. The number of benzene rings is 1. The van der Waals surface area contributed by atoms with Crippen LogP contribution in [0.3, 0.4) is 0 Å². The summed E-state index contributed by atoms with van der Waals surface area (Å²) in [5.41, 5.74) is 2.33. The Hall–Kier alpha value is -3.43. The Kier molecular flexibility index (Phi) is 5.62. The van der Waals surface area contributed by atoms with Crippen molar-refractivity contribution in [3.05, 3.63) is 64.6 Å². The van der Waals surface area contributed by atoms with Crippen molar-refractivity contribution in [2.45, 2.75) is 39.3 Å². The highest BCUT2D eigenvalue weighted by atomic mass is 19.2. The zero-order chi connectivity index (χ0) is 23.2. The molecule has 0 fully saturated rings. The summed E-state index contributed by atoms with van der Waals surface area (Å²) in [6.07, 6.45) is 4.50. The molecule has 3 heterocycles. The van der Waals surface area contributed by atoms with Crippen molar-refractivity contribution in [3.8, 4) is 0 Å². The Morgan fingerprint density at radius 1 is 1.06 bits per heavy atom. The number of halogens is 3. The molecule has 1 aliphatic rings. The number of likely N-dealkylation sites (N-methyl/N-ethyl adjacent to an activating group) is 2. The number of fused-ring (bicyclic) bond motifs is 1. The summed E-state index contributed by atoms with van der Waals surface area (Å²) in [4.78, 5) is 25.1. The number of nitrogens with zero attached hydrogens (tertiary/aromatic N) is 6. The van der Waals surface area contributed by atoms with Gasteiger partial charge in [-0.1, -0.05) is 6.07 Å². The minimum absolute atomic E-state index is 0.00987. The van der Waals surface area contributed by atoms with Crippen molar-refractivity contribution in [1.29, 1.82) is 0 Å². The molecule has 0 aliphatic carbocycles. The number of rotatable bonds is 5. The lowest BCUT2D eigenvalue weighted by Crippen LogP contribution is -2.50. The van der Waals surface area contributed by atoms with Gasteiger partial charge in [0.2, 0.25) is 5.91 Å². The van der Waals surface area contributed by atoms with Crippen molar-refractivity contribution in [3.63, 3.8) is 0 Å². The van der Waals surface area contributed by atoms with E-state index in [9.17, 15) is 18.0 Å². The van der Waals surface area contributed by atoms with Gasteiger partial charge in [-0.15, -0.1) is 0 Å². The van der Waals surface area contributed by atoms with Crippen LogP contribution in [0.2, 0.25) is 0 Å². The van der Waals surface area contributed by atoms with Crippen LogP contribution in [0.5, 0.6) is 0 Å². The van der Waals surface area contributed by atoms with Gasteiger partial charge in [-0.05, 0) is 31.9 Å². The summed E-state index contributed by atoms with van der Waals surface area (Å²) in [6, 6.07) is 1.79. The first-order chi connectivity index (χ1) is 15.2. The van der Waals surface area contributed by atoms with Crippen molar-refractivity contribution < 1.29 is 18.0 Å². The van der Waals surface area contributed by atoms with Gasteiger partial charge >= 0.3 is 0 Å². The molecule has 0 unspecified atom stereocenters. The van der Waals surface area contributed by atoms with E-state index < -0.39 is 17.5 Å². The molecule has 0 spiro atoms. The topological polar surface area (TPSA) is 67.2 Å². The molecule has 1 aliphatic heterocycles. The summed E-state index contributed by atoms with van der Waals surface area (Å²) in [5.74, 6) is -2.56. The quantitative estimate of drug-likeness (QED) is 0.566. The first-order valence-electron chi connectivity index (χ1n) is 10.2. The van der Waals surface area contributed by atoms with Gasteiger partial charge in [0.15, 0.2) is 23.3 Å². The zero-order valence-electron chi connectivity index (χ0n) is 18.2. The molecule has 0 saturated heterocycles. The second kappa shape index (κ2) is 8.25. The van der Waals surface area contributed by atoms with E-state index >= 15 is 0 Å². The van der Waals surface area contributed by atoms with Crippen molar-refractivity contribution in [1.82, 2.24) is 19.7 Å². The fourth-order valence-electron chi connectivity index (χ4n) is 3.84. The van der Waals surface area contributed by atoms with E-state index in [2.05, 4.69) is 15.1 Å². The summed E-state index contributed by atoms with van der Waals surface area (Å²) in [7, 11) is 3.57. The number of aromatic nitrogens is 4. The van der Waals surface area contributed by atoms with Gasteiger partial charge in [0.1, 0.15) is 17.6 Å². The van der Waals surface area contributed by atoms with Crippen LogP contribution in [0.1, 0.15) is 29.6 Å². The van der Waals surface area contributed by atoms with Gasteiger partial charge in [0.05, 0.1) is 18.4 Å². The molecule has 32 heavy (non-hydrogen) atoms. The predicted octanol–water partition coefficient (Wildman–Crippen LogP) is 3.03. The molecular weight excluding hydrogens is 421 g/mol. The monoisotopic (exact) mass is 444 g/mol. The first kappa shape index (κ1) is 21.8. The molecule has 1 atom stereocenters. The number of hydrogen-bond donors (Lipinski definition) is 0. The normalized spacial score (nSPS) is 16.0. The second-order valence-electron chi connectivity index (χ2n) is 7.96. The van der Waals surface area contributed by atoms with E-state index in [-0.39, 0.29) is 24.1 Å². The maximum atomic E-state index is 13.9. The highest BCUT2D eigenvalue weighted by molar-refractivity contribution is 6.04. The van der Waals surface area contributed by atoms with Gasteiger partial charge in [0, 0.05) is 32.3 Å². The number of amides is 1. The summed E-state index contributed by atoms with van der Waals surface area (Å²) in [5, 5.41) is 4.19. The standard InChI is InChI=1S/C22H23F3N6O/c1-12-20-21(29(3)13(2)22(32)30(20)4)28-17(27-12)8-5-14-9-26-31(10-14)11-15-6-7-16(23)19(25)18(15)24/h6-7,9-10,13H,5,8,11H2,1-4H3/t13-/m0/s1. The first-order valence-corrected chi connectivity index (χ1v) is 10.2. The molecule has 3 aromatic rings. The third-order valence-corrected chi connectivity index (χ3v) is 5.80. The van der Waals surface area contributed by atoms with Crippen LogP contribution in [0.4, 0.5) is 24.7 Å². The van der Waals surface area contributed by atoms with Crippen molar-refractivity contribution in [2.24, 2.45) is 0 Å². The van der Waals surface area contributed by atoms with Crippen LogP contribution in [0.25, 0.3) is 0 Å². The highest BCUT2D eigenvalue weighted by Gasteiger charge is 2.34. The number of carbonyl (C=O) groups excluding carboxylic acids is 1. The van der Waals surface area contributed by atoms with Gasteiger partial charge in [-0.25, -0.2) is 23.1 Å². The van der Waals surface area contributed by atoms with E-state index in [0.717, 1.165) is 17.3 Å². The van der Waals surface area contributed by atoms with Gasteiger partial charge in [0.25, 0.3) is 0 Å². The van der Waals surface area contributed by atoms with Crippen LogP contribution in [-0.2, 0) is 24.2 Å². The lowest BCUT2D eigenvalue weighted by molar-refractivity contribution is -0.119. The van der Waals surface area contributed by atoms with Gasteiger partial charge in [-0.2, -0.15) is 5.10 Å². The molecule has 4 rings (SSSR count). The van der Waals surface area contributed by atoms with Crippen molar-refractivity contribution >= 4 is 17.4 Å². The zero-order valence-corrected chi connectivity index (χ0v) is 18.2. The molecule has 0 radical (unpaired) electrons. The van der Waals surface area contributed by atoms with Crippen LogP contribution < -0.4 is 9.80 Å². The molecule has 2 aromatic heterocycles. The smallest absolute Gasteiger partial charge is 0.249 e. The van der Waals surface area contributed by atoms with E-state index in [0.29, 0.717) is 30.2 Å². The minimum Gasteiger partial charge on any atom is -0.346 e. The lowest BCUT2D eigenvalue weighted by Gasteiger charge is -2.37. The largest absolute Gasteiger partial charge is 0.346 e. The summed E-state index contributed by atoms with van der Waals surface area (Å²) in [6.45, 7) is 3.68. The van der Waals surface area contributed by atoms with E-state index in [1.54, 1.807) is 24.3 Å². The van der Waals surface area contributed by atoms with E-state index in [1.165, 1.54) is 10.7 Å². The van der Waals surface area contributed by atoms with Gasteiger partial charge < -0.3 is 9.80 Å². The van der Waals surface area contributed by atoms with E-state index in [4.69, 9.17) is 0 Å². The molecule has 0 bridgehead atoms. The fourth-order valence-corrected chi connectivity index (χ4v) is 3.84. The average Bonchev–Trinajstić information content (AvgIpc) is 3.22. The third-order valence-electron chi connectivity index (χ3n) is 5.80. The van der Waals surface area contributed by atoms with Crippen LogP contribution in [0, 0.1) is 24.4 Å². The molecule has 0 N–H and O–H groups in total. The predicted molar refractivity (Wildman–Crippen MR) is 113 cm³/mol. The molecule has 1 aromatic carbocycles. The molecular formula is C22H23F3N6O. The fraction of sp³-hybridized carbons (Fsp3) is 0.364.